The third kappa shape index (κ3) is 3.96. The van der Waals surface area contributed by atoms with Crippen LogP contribution in [0.15, 0.2) is 182 Å². The number of rotatable bonds is 3. The van der Waals surface area contributed by atoms with Gasteiger partial charge in [-0.3, -0.25) is 0 Å². The summed E-state index contributed by atoms with van der Waals surface area (Å²) in [6, 6.07) is 67.1. The van der Waals surface area contributed by atoms with Crippen molar-refractivity contribution < 1.29 is 0 Å². The minimum Gasteiger partial charge on any atom is -0.0616 e. The average Bonchev–Trinajstić information content (AvgIpc) is 3.16. The molecule has 0 nitrogen and oxygen atoms in total. The molecule has 0 N–H and O–H groups in total. The summed E-state index contributed by atoms with van der Waals surface area (Å²) in [5.74, 6) is 0. The third-order valence-electron chi connectivity index (χ3n) is 10.3. The van der Waals surface area contributed by atoms with Crippen LogP contribution in [0.5, 0.6) is 0 Å². The first-order chi connectivity index (χ1) is 23.8. The van der Waals surface area contributed by atoms with Gasteiger partial charge in [0.25, 0.3) is 0 Å². The highest BCUT2D eigenvalue weighted by molar-refractivity contribution is 6.26. The molecule has 0 unspecified atom stereocenters. The van der Waals surface area contributed by atoms with Crippen molar-refractivity contribution in [2.75, 3.05) is 0 Å². The largest absolute Gasteiger partial charge is 0.0616 e. The predicted molar refractivity (Wildman–Crippen MR) is 208 cm³/mol. The molecule has 0 fully saturated rings. The Bertz CT molecular complexity index is 2830. The molecule has 10 aromatic carbocycles. The van der Waals surface area contributed by atoms with Crippen molar-refractivity contribution in [3.8, 4) is 33.4 Å². The number of fused-ring (bicyclic) bond motifs is 7. The van der Waals surface area contributed by atoms with Crippen molar-refractivity contribution in [3.63, 3.8) is 0 Å². The Hall–Kier alpha value is -6.24. The first kappa shape index (κ1) is 26.9. The molecule has 0 bridgehead atoms. The third-order valence-corrected chi connectivity index (χ3v) is 10.3. The lowest BCUT2D eigenvalue weighted by molar-refractivity contribution is 1.67. The fourth-order valence-electron chi connectivity index (χ4n) is 8.18. The molecule has 0 saturated heterocycles. The van der Waals surface area contributed by atoms with Crippen LogP contribution in [0.2, 0.25) is 0 Å². The van der Waals surface area contributed by atoms with Gasteiger partial charge < -0.3 is 0 Å². The molecule has 10 rings (SSSR count). The van der Waals surface area contributed by atoms with Crippen LogP contribution in [0.3, 0.4) is 0 Å². The van der Waals surface area contributed by atoms with Crippen molar-refractivity contribution in [1.82, 2.24) is 0 Å². The van der Waals surface area contributed by atoms with E-state index in [1.807, 2.05) is 0 Å². The number of hydrogen-bond acceptors (Lipinski definition) is 0. The predicted octanol–water partition coefficient (Wildman–Crippen LogP) is 13.6. The van der Waals surface area contributed by atoms with E-state index in [1.165, 1.54) is 98.0 Å². The zero-order chi connectivity index (χ0) is 31.6. The molecule has 10 aromatic rings. The summed E-state index contributed by atoms with van der Waals surface area (Å²) < 4.78 is 0. The molecule has 0 radical (unpaired) electrons. The molecule has 0 spiro atoms. The van der Waals surface area contributed by atoms with E-state index in [0.29, 0.717) is 0 Å². The van der Waals surface area contributed by atoms with E-state index in [4.69, 9.17) is 0 Å². The van der Waals surface area contributed by atoms with E-state index < -0.39 is 0 Å². The van der Waals surface area contributed by atoms with Crippen LogP contribution in [-0.2, 0) is 0 Å². The molecule has 0 aliphatic heterocycles. The van der Waals surface area contributed by atoms with E-state index in [9.17, 15) is 0 Å². The van der Waals surface area contributed by atoms with Crippen LogP contribution >= 0.6 is 0 Å². The van der Waals surface area contributed by atoms with Gasteiger partial charge in [-0.1, -0.05) is 182 Å². The minimum absolute atomic E-state index is 1.26. The molecule has 0 heteroatoms. The highest BCUT2D eigenvalue weighted by atomic mass is 14.2. The standard InChI is InChI=1S/C48H30/c1-3-16-33-31(13-1)15-11-24-35(33)39-29-30-46(38-19-6-5-18-37(38)39)48-44-22-9-7-20-42(44)47(43-21-8-10-23-45(43)48)41-26-12-25-36-34-17-4-2-14-32(34)27-28-40(36)41/h1-30H. The van der Waals surface area contributed by atoms with Crippen LogP contribution in [0.4, 0.5) is 0 Å². The van der Waals surface area contributed by atoms with E-state index in [-0.39, 0.29) is 0 Å². The molecule has 0 aromatic heterocycles. The lowest BCUT2D eigenvalue weighted by Gasteiger charge is -2.20. The quantitative estimate of drug-likeness (QED) is 0.139. The van der Waals surface area contributed by atoms with Crippen LogP contribution in [-0.4, -0.2) is 0 Å². The lowest BCUT2D eigenvalue weighted by atomic mass is 9.82. The highest BCUT2D eigenvalue weighted by Crippen LogP contribution is 2.48. The highest BCUT2D eigenvalue weighted by Gasteiger charge is 2.20. The SMILES string of the molecule is c1ccc2c(-c3ccc(-c4c5ccccc5c(-c5cccc6c5ccc5ccccc56)c5ccccc45)c4ccccc34)cccc2c1. The Morgan fingerprint density at radius 1 is 0.167 bits per heavy atom. The van der Waals surface area contributed by atoms with Crippen molar-refractivity contribution in [3.05, 3.63) is 182 Å². The summed E-state index contributed by atoms with van der Waals surface area (Å²) in [4.78, 5) is 0. The van der Waals surface area contributed by atoms with Crippen LogP contribution in [0.25, 0.3) is 98.0 Å². The fourth-order valence-corrected chi connectivity index (χ4v) is 8.18. The zero-order valence-electron chi connectivity index (χ0n) is 26.3. The first-order valence-electron chi connectivity index (χ1n) is 16.7. The van der Waals surface area contributed by atoms with Gasteiger partial charge in [-0.2, -0.15) is 0 Å². The summed E-state index contributed by atoms with van der Waals surface area (Å²) in [6.45, 7) is 0. The van der Waals surface area contributed by atoms with E-state index in [2.05, 4.69) is 182 Å². The van der Waals surface area contributed by atoms with Gasteiger partial charge in [0, 0.05) is 0 Å². The summed E-state index contributed by atoms with van der Waals surface area (Å²) in [6.07, 6.45) is 0. The van der Waals surface area contributed by atoms with Crippen LogP contribution in [0, 0.1) is 0 Å². The average molecular weight is 607 g/mol. The molecule has 0 heterocycles. The van der Waals surface area contributed by atoms with Gasteiger partial charge >= 0.3 is 0 Å². The molecular weight excluding hydrogens is 577 g/mol. The normalized spacial score (nSPS) is 11.8. The molecule has 0 amide bonds. The van der Waals surface area contributed by atoms with E-state index in [0.717, 1.165) is 0 Å². The molecule has 48 heavy (non-hydrogen) atoms. The van der Waals surface area contributed by atoms with Crippen molar-refractivity contribution >= 4 is 64.6 Å². The Labute approximate surface area is 279 Å². The van der Waals surface area contributed by atoms with Gasteiger partial charge in [-0.15, -0.1) is 0 Å². The second-order valence-electron chi connectivity index (χ2n) is 12.8. The second kappa shape index (κ2) is 10.7. The molecule has 222 valence electrons. The maximum atomic E-state index is 2.36. The molecule has 0 aliphatic rings. The first-order valence-corrected chi connectivity index (χ1v) is 16.7. The summed E-state index contributed by atoms with van der Waals surface area (Å²) >= 11 is 0. The number of benzene rings is 10. The maximum Gasteiger partial charge on any atom is -0.00201 e. The van der Waals surface area contributed by atoms with Gasteiger partial charge in [0.15, 0.2) is 0 Å². The monoisotopic (exact) mass is 606 g/mol. The van der Waals surface area contributed by atoms with Crippen molar-refractivity contribution in [2.45, 2.75) is 0 Å². The summed E-state index contributed by atoms with van der Waals surface area (Å²) in [5.41, 5.74) is 7.65. The van der Waals surface area contributed by atoms with Crippen molar-refractivity contribution in [2.24, 2.45) is 0 Å². The molecule has 0 aliphatic carbocycles. The van der Waals surface area contributed by atoms with Gasteiger partial charge in [0.2, 0.25) is 0 Å². The van der Waals surface area contributed by atoms with Gasteiger partial charge in [-0.05, 0) is 98.0 Å². The van der Waals surface area contributed by atoms with Crippen molar-refractivity contribution in [1.29, 1.82) is 0 Å². The van der Waals surface area contributed by atoms with Crippen LogP contribution in [0.1, 0.15) is 0 Å². The van der Waals surface area contributed by atoms with Crippen LogP contribution < -0.4 is 0 Å². The molecule has 0 atom stereocenters. The Morgan fingerprint density at radius 2 is 0.521 bits per heavy atom. The zero-order valence-corrected chi connectivity index (χ0v) is 26.3. The van der Waals surface area contributed by atoms with E-state index in [1.54, 1.807) is 0 Å². The second-order valence-corrected chi connectivity index (χ2v) is 12.8. The fraction of sp³-hybridized carbons (Fsp3) is 0. The smallest absolute Gasteiger partial charge is 0.00201 e. The Balaban J connectivity index is 1.30. The Morgan fingerprint density at radius 3 is 1.17 bits per heavy atom. The summed E-state index contributed by atoms with van der Waals surface area (Å²) in [5, 5.41) is 15.3. The number of hydrogen-bond donors (Lipinski definition) is 0. The summed E-state index contributed by atoms with van der Waals surface area (Å²) in [7, 11) is 0. The van der Waals surface area contributed by atoms with Gasteiger partial charge in [-0.25, -0.2) is 0 Å². The molecular formula is C48H30. The Kier molecular flexibility index (Phi) is 5.98. The van der Waals surface area contributed by atoms with Gasteiger partial charge in [0.05, 0.1) is 0 Å². The van der Waals surface area contributed by atoms with Gasteiger partial charge in [0.1, 0.15) is 0 Å². The molecule has 0 saturated carbocycles. The van der Waals surface area contributed by atoms with E-state index >= 15 is 0 Å². The maximum absolute atomic E-state index is 2.36. The minimum atomic E-state index is 1.26. The topological polar surface area (TPSA) is 0 Å². The lowest BCUT2D eigenvalue weighted by Crippen LogP contribution is -1.93.